The molecule has 6 atom stereocenters. The second-order valence-electron chi connectivity index (χ2n) is 14.2. The standard InChI is InChI=1S/C34H44F2N4O7/c1-18(2)17-45-31(42)26-19(3)25-16-40(26)30(41)28(33(4,5)6)39-32(43)47-24-14-20(24)10-8-9-13-34(35,36)27-29(46-25)38-23-15-21(44-7)11-12-22(23)37-27/h9,11-13,15,18-20,24-26,28H,8,10,14,16-17H2,1-7H3,(H,39,43)/b13-9+/t19-,20-,24-,25+,26+,28-/m1/s1. The molecule has 2 amide bonds. The van der Waals surface area contributed by atoms with Crippen LogP contribution >= 0.6 is 0 Å². The maximum atomic E-state index is 15.9. The molecule has 2 fully saturated rings. The number of carbonyl (C=O) groups is 3. The zero-order chi connectivity index (χ0) is 34.3. The Bertz CT molecular complexity index is 1540. The van der Waals surface area contributed by atoms with Crippen molar-refractivity contribution < 1.29 is 42.1 Å². The molecule has 13 heteroatoms. The third-order valence-electron chi connectivity index (χ3n) is 8.82. The molecule has 1 aromatic heterocycles. The van der Waals surface area contributed by atoms with Crippen molar-refractivity contribution in [3.63, 3.8) is 0 Å². The van der Waals surface area contributed by atoms with Crippen LogP contribution in [0.5, 0.6) is 11.6 Å². The first-order valence-corrected chi connectivity index (χ1v) is 16.1. The van der Waals surface area contributed by atoms with Crippen molar-refractivity contribution in [2.45, 2.75) is 91.0 Å². The van der Waals surface area contributed by atoms with Gasteiger partial charge in [0.2, 0.25) is 11.8 Å². The number of alkyl carbamates (subject to hydrolysis) is 1. The van der Waals surface area contributed by atoms with Gasteiger partial charge in [-0.05, 0) is 54.7 Å². The van der Waals surface area contributed by atoms with E-state index >= 15 is 8.78 Å². The summed E-state index contributed by atoms with van der Waals surface area (Å²) >= 11 is 0. The lowest BCUT2D eigenvalue weighted by molar-refractivity contribution is -0.156. The summed E-state index contributed by atoms with van der Waals surface area (Å²) in [6, 6.07) is 2.51. The highest BCUT2D eigenvalue weighted by atomic mass is 19.3. The molecule has 0 unspecified atom stereocenters. The molecule has 0 radical (unpaired) electrons. The Balaban J connectivity index is 1.60. The van der Waals surface area contributed by atoms with Crippen molar-refractivity contribution in [1.29, 1.82) is 0 Å². The van der Waals surface area contributed by atoms with Crippen LogP contribution in [0.2, 0.25) is 0 Å². The number of ether oxygens (including phenoxy) is 4. The minimum atomic E-state index is -3.56. The van der Waals surface area contributed by atoms with E-state index in [-0.39, 0.29) is 42.1 Å². The van der Waals surface area contributed by atoms with Crippen LogP contribution in [-0.2, 0) is 25.0 Å². The van der Waals surface area contributed by atoms with E-state index in [1.807, 2.05) is 13.8 Å². The van der Waals surface area contributed by atoms with Gasteiger partial charge in [0.1, 0.15) is 30.0 Å². The molecule has 2 aromatic rings. The first-order chi connectivity index (χ1) is 22.1. The molecule has 3 heterocycles. The van der Waals surface area contributed by atoms with Crippen LogP contribution in [0.15, 0.2) is 30.4 Å². The first kappa shape index (κ1) is 34.3. The molecule has 11 nitrogen and oxygen atoms in total. The Morgan fingerprint density at radius 1 is 1.15 bits per heavy atom. The number of esters is 1. The Labute approximate surface area is 273 Å². The summed E-state index contributed by atoms with van der Waals surface area (Å²) in [5.41, 5.74) is -0.976. The number of nitrogens with one attached hydrogen (secondary N) is 1. The van der Waals surface area contributed by atoms with E-state index in [0.717, 1.165) is 6.08 Å². The zero-order valence-corrected chi connectivity index (χ0v) is 27.9. The number of carbonyl (C=O) groups excluding carboxylic acids is 3. The third kappa shape index (κ3) is 7.59. The van der Waals surface area contributed by atoms with E-state index in [1.165, 1.54) is 18.1 Å². The van der Waals surface area contributed by atoms with E-state index in [9.17, 15) is 14.4 Å². The van der Waals surface area contributed by atoms with Gasteiger partial charge < -0.3 is 29.2 Å². The summed E-state index contributed by atoms with van der Waals surface area (Å²) in [6.07, 6.45) is 1.54. The quantitative estimate of drug-likeness (QED) is 0.339. The maximum Gasteiger partial charge on any atom is 0.408 e. The van der Waals surface area contributed by atoms with E-state index < -0.39 is 65.0 Å². The van der Waals surface area contributed by atoms with Gasteiger partial charge in [0.25, 0.3) is 0 Å². The second-order valence-corrected chi connectivity index (χ2v) is 14.2. The van der Waals surface area contributed by atoms with E-state index in [1.54, 1.807) is 45.9 Å². The van der Waals surface area contributed by atoms with Gasteiger partial charge in [-0.25, -0.2) is 19.6 Å². The van der Waals surface area contributed by atoms with Crippen LogP contribution in [-0.4, -0.2) is 77.4 Å². The number of halogens is 2. The monoisotopic (exact) mass is 658 g/mol. The lowest BCUT2D eigenvalue weighted by Crippen LogP contribution is -2.57. The van der Waals surface area contributed by atoms with Gasteiger partial charge in [-0.1, -0.05) is 47.6 Å². The van der Waals surface area contributed by atoms with Crippen LogP contribution in [0.4, 0.5) is 13.6 Å². The van der Waals surface area contributed by atoms with Gasteiger partial charge in [0.05, 0.1) is 31.3 Å². The van der Waals surface area contributed by atoms with E-state index in [0.29, 0.717) is 25.0 Å². The largest absolute Gasteiger partial charge is 0.497 e. The summed E-state index contributed by atoms with van der Waals surface area (Å²) in [7, 11) is 1.48. The molecular weight excluding hydrogens is 614 g/mol. The van der Waals surface area contributed by atoms with Gasteiger partial charge in [-0.15, -0.1) is 0 Å². The number of hydrogen-bond donors (Lipinski definition) is 1. The van der Waals surface area contributed by atoms with Crippen molar-refractivity contribution >= 4 is 29.0 Å². The summed E-state index contributed by atoms with van der Waals surface area (Å²) < 4.78 is 54.5. The van der Waals surface area contributed by atoms with Crippen LogP contribution in [0.3, 0.4) is 0 Å². The number of allylic oxidation sites excluding steroid dienone is 2. The van der Waals surface area contributed by atoms with Gasteiger partial charge in [0, 0.05) is 12.0 Å². The minimum absolute atomic E-state index is 0.0105. The normalized spacial score (nSPS) is 28.6. The summed E-state index contributed by atoms with van der Waals surface area (Å²) in [6.45, 7) is 10.8. The molecule has 1 N–H and O–H groups in total. The Kier molecular flexibility index (Phi) is 9.66. The van der Waals surface area contributed by atoms with Crippen LogP contribution in [0.1, 0.15) is 66.5 Å². The van der Waals surface area contributed by atoms with Crippen LogP contribution in [0.25, 0.3) is 11.0 Å². The molecule has 0 spiro atoms. The van der Waals surface area contributed by atoms with Gasteiger partial charge in [-0.3, -0.25) is 4.79 Å². The van der Waals surface area contributed by atoms with Crippen molar-refractivity contribution in [3.8, 4) is 11.6 Å². The third-order valence-corrected chi connectivity index (χ3v) is 8.82. The number of benzene rings is 1. The Morgan fingerprint density at radius 3 is 2.57 bits per heavy atom. The van der Waals surface area contributed by atoms with Gasteiger partial charge >= 0.3 is 18.0 Å². The number of nitrogens with zero attached hydrogens (tertiary/aromatic N) is 3. The Morgan fingerprint density at radius 2 is 1.89 bits per heavy atom. The molecular formula is C34H44F2N4O7. The number of rotatable bonds is 4. The van der Waals surface area contributed by atoms with Crippen molar-refractivity contribution in [3.05, 3.63) is 36.0 Å². The topological polar surface area (TPSA) is 129 Å². The number of aromatic nitrogens is 2. The van der Waals surface area contributed by atoms with Crippen molar-refractivity contribution in [1.82, 2.24) is 20.2 Å². The highest BCUT2D eigenvalue weighted by Gasteiger charge is 2.52. The average molecular weight is 659 g/mol. The predicted molar refractivity (Wildman–Crippen MR) is 168 cm³/mol. The van der Waals surface area contributed by atoms with E-state index in [2.05, 4.69) is 15.3 Å². The zero-order valence-electron chi connectivity index (χ0n) is 27.9. The van der Waals surface area contributed by atoms with Crippen LogP contribution < -0.4 is 14.8 Å². The fourth-order valence-electron chi connectivity index (χ4n) is 5.99. The van der Waals surface area contributed by atoms with E-state index in [4.69, 9.17) is 18.9 Å². The average Bonchev–Trinajstić information content (AvgIpc) is 3.65. The molecule has 47 heavy (non-hydrogen) atoms. The number of methoxy groups -OCH3 is 1. The molecule has 1 aromatic carbocycles. The highest BCUT2D eigenvalue weighted by Crippen LogP contribution is 2.41. The lowest BCUT2D eigenvalue weighted by atomic mass is 9.85. The molecule has 256 valence electrons. The fraction of sp³-hybridized carbons (Fsp3) is 0.618. The minimum Gasteiger partial charge on any atom is -0.497 e. The number of alkyl halides is 2. The lowest BCUT2D eigenvalue weighted by Gasteiger charge is -2.35. The SMILES string of the molecule is COc1ccc2nc3c(nc2c1)O[C@H]1CN(C(=O)[C@H](C(C)(C)C)NC(=O)O[C@@H]2C[C@H]2CC/C=C/C3(F)F)[C@H](C(=O)OCC(C)C)[C@@H]1C. The van der Waals surface area contributed by atoms with Crippen molar-refractivity contribution in [2.75, 3.05) is 20.3 Å². The maximum absolute atomic E-state index is 15.9. The number of fused-ring (bicyclic) bond motifs is 5. The summed E-state index contributed by atoms with van der Waals surface area (Å²) in [4.78, 5) is 50.9. The Hall–Kier alpha value is -4.03. The first-order valence-electron chi connectivity index (χ1n) is 16.1. The summed E-state index contributed by atoms with van der Waals surface area (Å²) in [5.74, 6) is -5.40. The number of amides is 2. The predicted octanol–water partition coefficient (Wildman–Crippen LogP) is 5.40. The summed E-state index contributed by atoms with van der Waals surface area (Å²) in [5, 5.41) is 2.74. The van der Waals surface area contributed by atoms with Gasteiger partial charge in [0.15, 0.2) is 5.69 Å². The smallest absolute Gasteiger partial charge is 0.408 e. The highest BCUT2D eigenvalue weighted by molar-refractivity contribution is 5.91. The number of hydrogen-bond acceptors (Lipinski definition) is 9. The molecule has 2 bridgehead atoms. The fourth-order valence-corrected chi connectivity index (χ4v) is 5.99. The molecule has 5 rings (SSSR count). The molecule has 1 saturated carbocycles. The molecule has 2 aliphatic heterocycles. The van der Waals surface area contributed by atoms with Crippen molar-refractivity contribution in [2.24, 2.45) is 23.2 Å². The second kappa shape index (κ2) is 13.2. The molecule has 3 aliphatic rings. The molecule has 1 saturated heterocycles. The van der Waals surface area contributed by atoms with Gasteiger partial charge in [-0.2, -0.15) is 8.78 Å². The molecule has 1 aliphatic carbocycles. The van der Waals surface area contributed by atoms with Crippen LogP contribution in [0, 0.1) is 23.2 Å².